The second kappa shape index (κ2) is 7.82. The molecule has 2 aliphatic rings. The summed E-state index contributed by atoms with van der Waals surface area (Å²) in [5.74, 6) is 0.0661. The zero-order chi connectivity index (χ0) is 18.8. The standard InChI is InChI=1S/C18H20ClN5O2S/c19-13-5-1-4-12(10-13)11-20-16(26)14-6-2-8-23(14)17-21-22-18(27-17)24-9-3-7-15(24)25/h1,4-5,10,14H,2-3,6-9,11H2,(H,20,26). The molecule has 142 valence electrons. The molecule has 4 rings (SSSR count). The monoisotopic (exact) mass is 405 g/mol. The van der Waals surface area contributed by atoms with Crippen LogP contribution in [0.25, 0.3) is 0 Å². The Balaban J connectivity index is 1.42. The number of amides is 2. The van der Waals surface area contributed by atoms with Crippen LogP contribution in [-0.2, 0) is 16.1 Å². The molecule has 0 saturated carbocycles. The number of halogens is 1. The zero-order valence-corrected chi connectivity index (χ0v) is 16.3. The number of nitrogens with one attached hydrogen (secondary N) is 1. The van der Waals surface area contributed by atoms with Crippen molar-refractivity contribution in [2.24, 2.45) is 0 Å². The number of nitrogens with zero attached hydrogens (tertiary/aromatic N) is 4. The van der Waals surface area contributed by atoms with Crippen LogP contribution in [0.3, 0.4) is 0 Å². The second-order valence-electron chi connectivity index (χ2n) is 6.72. The first kappa shape index (κ1) is 18.2. The largest absolute Gasteiger partial charge is 0.350 e. The van der Waals surface area contributed by atoms with E-state index in [9.17, 15) is 9.59 Å². The van der Waals surface area contributed by atoms with Crippen molar-refractivity contribution < 1.29 is 9.59 Å². The van der Waals surface area contributed by atoms with Crippen molar-refractivity contribution in [2.45, 2.75) is 38.3 Å². The van der Waals surface area contributed by atoms with E-state index in [4.69, 9.17) is 11.6 Å². The number of carbonyl (C=O) groups excluding carboxylic acids is 2. The Bertz CT molecular complexity index is 858. The van der Waals surface area contributed by atoms with Crippen LogP contribution in [0.5, 0.6) is 0 Å². The predicted octanol–water partition coefficient (Wildman–Crippen LogP) is 2.60. The van der Waals surface area contributed by atoms with E-state index < -0.39 is 0 Å². The summed E-state index contributed by atoms with van der Waals surface area (Å²) in [4.78, 5) is 28.3. The van der Waals surface area contributed by atoms with Crippen LogP contribution in [0.15, 0.2) is 24.3 Å². The van der Waals surface area contributed by atoms with E-state index in [1.807, 2.05) is 29.2 Å². The molecule has 0 bridgehead atoms. The third-order valence-electron chi connectivity index (χ3n) is 4.86. The van der Waals surface area contributed by atoms with Crippen LogP contribution in [0.1, 0.15) is 31.2 Å². The molecule has 1 aromatic carbocycles. The molecule has 2 amide bonds. The smallest absolute Gasteiger partial charge is 0.243 e. The van der Waals surface area contributed by atoms with E-state index in [0.717, 1.165) is 31.4 Å². The van der Waals surface area contributed by atoms with E-state index in [1.165, 1.54) is 11.3 Å². The molecule has 3 heterocycles. The van der Waals surface area contributed by atoms with Crippen molar-refractivity contribution in [1.29, 1.82) is 0 Å². The summed E-state index contributed by atoms with van der Waals surface area (Å²) >= 11 is 7.37. The van der Waals surface area contributed by atoms with Crippen molar-refractivity contribution in [3.63, 3.8) is 0 Å². The summed E-state index contributed by atoms with van der Waals surface area (Å²) in [6.07, 6.45) is 3.12. The molecule has 2 aliphatic heterocycles. The topological polar surface area (TPSA) is 78.4 Å². The fourth-order valence-electron chi connectivity index (χ4n) is 3.51. The van der Waals surface area contributed by atoms with E-state index in [-0.39, 0.29) is 17.9 Å². The van der Waals surface area contributed by atoms with Gasteiger partial charge in [-0.2, -0.15) is 0 Å². The van der Waals surface area contributed by atoms with Crippen molar-refractivity contribution >= 4 is 45.0 Å². The Morgan fingerprint density at radius 1 is 1.26 bits per heavy atom. The van der Waals surface area contributed by atoms with Gasteiger partial charge in [-0.05, 0) is 37.0 Å². The minimum atomic E-state index is -0.265. The first-order valence-electron chi connectivity index (χ1n) is 9.04. The van der Waals surface area contributed by atoms with Crippen LogP contribution in [0, 0.1) is 0 Å². The number of rotatable bonds is 5. The molecule has 2 saturated heterocycles. The van der Waals surface area contributed by atoms with Gasteiger partial charge in [0.25, 0.3) is 0 Å². The summed E-state index contributed by atoms with van der Waals surface area (Å²) in [7, 11) is 0. The molecule has 2 fully saturated rings. The van der Waals surface area contributed by atoms with Crippen LogP contribution in [-0.4, -0.2) is 41.1 Å². The van der Waals surface area contributed by atoms with Gasteiger partial charge in [0, 0.05) is 31.1 Å². The average molecular weight is 406 g/mol. The Morgan fingerprint density at radius 2 is 2.11 bits per heavy atom. The predicted molar refractivity (Wildman–Crippen MR) is 105 cm³/mol. The number of benzene rings is 1. The third-order valence-corrected chi connectivity index (χ3v) is 6.08. The minimum absolute atomic E-state index is 0.0264. The molecule has 7 nitrogen and oxygen atoms in total. The molecule has 1 atom stereocenters. The number of carbonyl (C=O) groups is 2. The van der Waals surface area contributed by atoms with Gasteiger partial charge in [0.1, 0.15) is 6.04 Å². The van der Waals surface area contributed by atoms with Crippen LogP contribution in [0.4, 0.5) is 10.3 Å². The fourth-order valence-corrected chi connectivity index (χ4v) is 4.68. The first-order valence-corrected chi connectivity index (χ1v) is 10.2. The Labute approximate surface area is 166 Å². The molecule has 0 aliphatic carbocycles. The van der Waals surface area contributed by atoms with Crippen LogP contribution < -0.4 is 15.1 Å². The van der Waals surface area contributed by atoms with E-state index in [2.05, 4.69) is 15.5 Å². The molecule has 0 radical (unpaired) electrons. The molecule has 0 spiro atoms. The maximum atomic E-state index is 12.7. The lowest BCUT2D eigenvalue weighted by Crippen LogP contribution is -2.43. The van der Waals surface area contributed by atoms with Crippen molar-refractivity contribution in [3.05, 3.63) is 34.9 Å². The van der Waals surface area contributed by atoms with E-state index in [0.29, 0.717) is 34.8 Å². The van der Waals surface area contributed by atoms with Gasteiger partial charge in [0.2, 0.25) is 22.1 Å². The summed E-state index contributed by atoms with van der Waals surface area (Å²) in [5, 5.41) is 13.4. The highest BCUT2D eigenvalue weighted by Crippen LogP contribution is 2.33. The quantitative estimate of drug-likeness (QED) is 0.827. The molecule has 1 unspecified atom stereocenters. The van der Waals surface area contributed by atoms with Gasteiger partial charge < -0.3 is 10.2 Å². The van der Waals surface area contributed by atoms with Gasteiger partial charge in [-0.1, -0.05) is 35.1 Å². The first-order chi connectivity index (χ1) is 13.1. The lowest BCUT2D eigenvalue weighted by atomic mass is 10.2. The molecule has 2 aromatic rings. The average Bonchev–Trinajstić information content (AvgIpc) is 3.39. The number of hydrogen-bond acceptors (Lipinski definition) is 6. The Hall–Kier alpha value is -2.19. The molecule has 1 aromatic heterocycles. The number of aromatic nitrogens is 2. The fraction of sp³-hybridized carbons (Fsp3) is 0.444. The maximum Gasteiger partial charge on any atom is 0.243 e. The van der Waals surface area contributed by atoms with Gasteiger partial charge >= 0.3 is 0 Å². The summed E-state index contributed by atoms with van der Waals surface area (Å²) in [6, 6.07) is 7.19. The summed E-state index contributed by atoms with van der Waals surface area (Å²) in [5.41, 5.74) is 0.964. The minimum Gasteiger partial charge on any atom is -0.350 e. The summed E-state index contributed by atoms with van der Waals surface area (Å²) in [6.45, 7) is 1.89. The van der Waals surface area contributed by atoms with Gasteiger partial charge in [-0.3, -0.25) is 14.5 Å². The SMILES string of the molecule is O=C(NCc1cccc(Cl)c1)C1CCCN1c1nnc(N2CCCC2=O)s1. The van der Waals surface area contributed by atoms with Gasteiger partial charge in [0.15, 0.2) is 0 Å². The zero-order valence-electron chi connectivity index (χ0n) is 14.7. The Morgan fingerprint density at radius 3 is 2.89 bits per heavy atom. The van der Waals surface area contributed by atoms with Crippen LogP contribution in [0.2, 0.25) is 5.02 Å². The highest BCUT2D eigenvalue weighted by molar-refractivity contribution is 7.19. The van der Waals surface area contributed by atoms with Crippen LogP contribution >= 0.6 is 22.9 Å². The number of hydrogen-bond donors (Lipinski definition) is 1. The molecule has 27 heavy (non-hydrogen) atoms. The second-order valence-corrected chi connectivity index (χ2v) is 8.09. The third kappa shape index (κ3) is 3.91. The lowest BCUT2D eigenvalue weighted by molar-refractivity contribution is -0.122. The molecular weight excluding hydrogens is 386 g/mol. The van der Waals surface area contributed by atoms with Crippen molar-refractivity contribution in [1.82, 2.24) is 15.5 Å². The molecule has 1 N–H and O–H groups in total. The lowest BCUT2D eigenvalue weighted by Gasteiger charge is -2.22. The summed E-state index contributed by atoms with van der Waals surface area (Å²) < 4.78 is 0. The van der Waals surface area contributed by atoms with Gasteiger partial charge in [-0.25, -0.2) is 0 Å². The Kier molecular flexibility index (Phi) is 5.27. The van der Waals surface area contributed by atoms with E-state index in [1.54, 1.807) is 4.90 Å². The highest BCUT2D eigenvalue weighted by Gasteiger charge is 2.34. The molecular formula is C18H20ClN5O2S. The number of anilines is 2. The normalized spacial score (nSPS) is 19.7. The highest BCUT2D eigenvalue weighted by atomic mass is 35.5. The van der Waals surface area contributed by atoms with Crippen molar-refractivity contribution in [3.8, 4) is 0 Å². The van der Waals surface area contributed by atoms with Crippen molar-refractivity contribution in [2.75, 3.05) is 22.9 Å². The van der Waals surface area contributed by atoms with Gasteiger partial charge in [-0.15, -0.1) is 10.2 Å². The van der Waals surface area contributed by atoms with E-state index >= 15 is 0 Å². The van der Waals surface area contributed by atoms with Gasteiger partial charge in [0.05, 0.1) is 0 Å². The maximum absolute atomic E-state index is 12.7. The molecule has 9 heteroatoms.